The van der Waals surface area contributed by atoms with Gasteiger partial charge in [-0.2, -0.15) is 0 Å². The number of fused-ring (bicyclic) bond motifs is 1. The van der Waals surface area contributed by atoms with Crippen molar-refractivity contribution in [1.82, 2.24) is 9.47 Å². The van der Waals surface area contributed by atoms with Crippen molar-refractivity contribution in [3.05, 3.63) is 36.0 Å². The molecule has 1 atom stereocenters. The molecular weight excluding hydrogens is 252 g/mol. The highest BCUT2D eigenvalue weighted by molar-refractivity contribution is 5.99. The Labute approximate surface area is 118 Å². The van der Waals surface area contributed by atoms with E-state index < -0.39 is 0 Å². The highest BCUT2D eigenvalue weighted by atomic mass is 16.5. The van der Waals surface area contributed by atoms with Gasteiger partial charge in [0.25, 0.3) is 5.91 Å². The SMILES string of the molecule is CCn1c(C(=O)N2CCOC[C@@H]2C)cc2ccccc21. The number of rotatable bonds is 2. The smallest absolute Gasteiger partial charge is 0.270 e. The molecule has 1 amide bonds. The van der Waals surface area contributed by atoms with Crippen LogP contribution < -0.4 is 0 Å². The Morgan fingerprint density at radius 3 is 2.95 bits per heavy atom. The van der Waals surface area contributed by atoms with Crippen molar-refractivity contribution in [3.63, 3.8) is 0 Å². The molecule has 2 aromatic rings. The molecule has 1 fully saturated rings. The predicted molar refractivity (Wildman–Crippen MR) is 78.9 cm³/mol. The van der Waals surface area contributed by atoms with Crippen molar-refractivity contribution in [2.75, 3.05) is 19.8 Å². The lowest BCUT2D eigenvalue weighted by atomic mass is 10.2. The monoisotopic (exact) mass is 272 g/mol. The minimum absolute atomic E-state index is 0.110. The quantitative estimate of drug-likeness (QED) is 0.842. The molecule has 0 spiro atoms. The first kappa shape index (κ1) is 13.2. The van der Waals surface area contributed by atoms with E-state index in [1.54, 1.807) is 0 Å². The Morgan fingerprint density at radius 1 is 1.40 bits per heavy atom. The maximum atomic E-state index is 12.8. The van der Waals surface area contributed by atoms with Gasteiger partial charge < -0.3 is 14.2 Å². The van der Waals surface area contributed by atoms with Crippen LogP contribution in [0, 0.1) is 0 Å². The molecule has 20 heavy (non-hydrogen) atoms. The molecule has 4 heteroatoms. The van der Waals surface area contributed by atoms with Crippen molar-refractivity contribution in [2.45, 2.75) is 26.4 Å². The lowest BCUT2D eigenvalue weighted by Gasteiger charge is -2.33. The second-order valence-electron chi connectivity index (χ2n) is 5.26. The number of carbonyl (C=O) groups excluding carboxylic acids is 1. The Hall–Kier alpha value is -1.81. The molecule has 0 saturated carbocycles. The molecule has 0 N–H and O–H groups in total. The van der Waals surface area contributed by atoms with Gasteiger partial charge in [0.15, 0.2) is 0 Å². The van der Waals surface area contributed by atoms with E-state index >= 15 is 0 Å². The molecule has 1 aromatic carbocycles. The topological polar surface area (TPSA) is 34.5 Å². The van der Waals surface area contributed by atoms with Gasteiger partial charge in [0.1, 0.15) is 5.69 Å². The summed E-state index contributed by atoms with van der Waals surface area (Å²) in [6, 6.07) is 10.3. The van der Waals surface area contributed by atoms with E-state index in [0.29, 0.717) is 19.8 Å². The van der Waals surface area contributed by atoms with E-state index in [9.17, 15) is 4.79 Å². The number of aryl methyl sites for hydroxylation is 1. The van der Waals surface area contributed by atoms with Crippen LogP contribution in [0.5, 0.6) is 0 Å². The van der Waals surface area contributed by atoms with Crippen molar-refractivity contribution in [2.24, 2.45) is 0 Å². The Kier molecular flexibility index (Phi) is 3.49. The fourth-order valence-corrected chi connectivity index (χ4v) is 2.90. The van der Waals surface area contributed by atoms with Crippen LogP contribution in [0.25, 0.3) is 10.9 Å². The molecule has 0 aliphatic carbocycles. The predicted octanol–water partition coefficient (Wildman–Crippen LogP) is 2.52. The van der Waals surface area contributed by atoms with Crippen LogP contribution in [0.4, 0.5) is 0 Å². The number of ether oxygens (including phenoxy) is 1. The van der Waals surface area contributed by atoms with E-state index in [-0.39, 0.29) is 11.9 Å². The van der Waals surface area contributed by atoms with E-state index in [4.69, 9.17) is 4.74 Å². The minimum Gasteiger partial charge on any atom is -0.377 e. The number of hydrogen-bond acceptors (Lipinski definition) is 2. The second kappa shape index (κ2) is 5.29. The summed E-state index contributed by atoms with van der Waals surface area (Å²) < 4.78 is 7.51. The van der Waals surface area contributed by atoms with Crippen molar-refractivity contribution < 1.29 is 9.53 Å². The Bertz CT molecular complexity index is 632. The van der Waals surface area contributed by atoms with Crippen LogP contribution >= 0.6 is 0 Å². The van der Waals surface area contributed by atoms with E-state index in [0.717, 1.165) is 23.1 Å². The van der Waals surface area contributed by atoms with Crippen LogP contribution in [-0.4, -0.2) is 41.2 Å². The maximum Gasteiger partial charge on any atom is 0.270 e. The van der Waals surface area contributed by atoms with Crippen molar-refractivity contribution in [3.8, 4) is 0 Å². The highest BCUT2D eigenvalue weighted by Crippen LogP contribution is 2.22. The molecule has 3 rings (SSSR count). The number of morpholine rings is 1. The summed E-state index contributed by atoms with van der Waals surface area (Å²) >= 11 is 0. The summed E-state index contributed by atoms with van der Waals surface area (Å²) in [6.45, 7) is 6.83. The third kappa shape index (κ3) is 2.10. The zero-order valence-corrected chi connectivity index (χ0v) is 12.0. The molecule has 1 aliphatic heterocycles. The first-order valence-electron chi connectivity index (χ1n) is 7.19. The van der Waals surface area contributed by atoms with Gasteiger partial charge in [-0.3, -0.25) is 4.79 Å². The average Bonchev–Trinajstić information content (AvgIpc) is 2.85. The van der Waals surface area contributed by atoms with E-state index in [2.05, 4.69) is 23.6 Å². The summed E-state index contributed by atoms with van der Waals surface area (Å²) in [5, 5.41) is 1.12. The molecule has 106 valence electrons. The third-order valence-electron chi connectivity index (χ3n) is 3.97. The number of aromatic nitrogens is 1. The number of para-hydroxylation sites is 1. The molecule has 1 aromatic heterocycles. The molecular formula is C16H20N2O2. The number of benzene rings is 1. The van der Waals surface area contributed by atoms with Gasteiger partial charge >= 0.3 is 0 Å². The van der Waals surface area contributed by atoms with Gasteiger partial charge in [-0.05, 0) is 26.0 Å². The second-order valence-corrected chi connectivity index (χ2v) is 5.26. The molecule has 1 saturated heterocycles. The highest BCUT2D eigenvalue weighted by Gasteiger charge is 2.27. The molecule has 4 nitrogen and oxygen atoms in total. The largest absolute Gasteiger partial charge is 0.377 e. The van der Waals surface area contributed by atoms with Crippen LogP contribution in [0.2, 0.25) is 0 Å². The summed E-state index contributed by atoms with van der Waals surface area (Å²) in [5.74, 6) is 0.110. The van der Waals surface area contributed by atoms with Crippen LogP contribution in [0.15, 0.2) is 30.3 Å². The standard InChI is InChI=1S/C16H20N2O2/c1-3-17-14-7-5-4-6-13(14)10-15(17)16(19)18-8-9-20-11-12(18)2/h4-7,10,12H,3,8-9,11H2,1-2H3/t12-/m0/s1. The fraction of sp³-hybridized carbons (Fsp3) is 0.438. The molecule has 1 aliphatic rings. The third-order valence-corrected chi connectivity index (χ3v) is 3.97. The molecule has 0 bridgehead atoms. The van der Waals surface area contributed by atoms with Gasteiger partial charge in [-0.1, -0.05) is 18.2 Å². The number of hydrogen-bond donors (Lipinski definition) is 0. The summed E-state index contributed by atoms with van der Waals surface area (Å²) in [4.78, 5) is 14.7. The number of nitrogens with zero attached hydrogens (tertiary/aromatic N) is 2. The number of carbonyl (C=O) groups is 1. The lowest BCUT2D eigenvalue weighted by molar-refractivity contribution is 0.00305. The fourth-order valence-electron chi connectivity index (χ4n) is 2.90. The van der Waals surface area contributed by atoms with Crippen LogP contribution in [-0.2, 0) is 11.3 Å². The number of amides is 1. The van der Waals surface area contributed by atoms with Gasteiger partial charge in [0.05, 0.1) is 19.3 Å². The van der Waals surface area contributed by atoms with Gasteiger partial charge in [0, 0.05) is 24.0 Å². The first-order valence-corrected chi connectivity index (χ1v) is 7.19. The summed E-state index contributed by atoms with van der Waals surface area (Å²) in [7, 11) is 0. The first-order chi connectivity index (χ1) is 9.72. The van der Waals surface area contributed by atoms with Gasteiger partial charge in [-0.15, -0.1) is 0 Å². The molecule has 0 unspecified atom stereocenters. The zero-order chi connectivity index (χ0) is 14.1. The summed E-state index contributed by atoms with van der Waals surface area (Å²) in [6.07, 6.45) is 0. The van der Waals surface area contributed by atoms with Gasteiger partial charge in [0.2, 0.25) is 0 Å². The maximum absolute atomic E-state index is 12.8. The van der Waals surface area contributed by atoms with E-state index in [1.807, 2.05) is 30.0 Å². The van der Waals surface area contributed by atoms with Crippen LogP contribution in [0.1, 0.15) is 24.3 Å². The van der Waals surface area contributed by atoms with Crippen molar-refractivity contribution in [1.29, 1.82) is 0 Å². The minimum atomic E-state index is 0.110. The zero-order valence-electron chi connectivity index (χ0n) is 12.0. The molecule has 0 radical (unpaired) electrons. The van der Waals surface area contributed by atoms with E-state index in [1.165, 1.54) is 0 Å². The average molecular weight is 272 g/mol. The van der Waals surface area contributed by atoms with Gasteiger partial charge in [-0.25, -0.2) is 0 Å². The lowest BCUT2D eigenvalue weighted by Crippen LogP contribution is -2.47. The van der Waals surface area contributed by atoms with Crippen molar-refractivity contribution >= 4 is 16.8 Å². The normalized spacial score (nSPS) is 19.5. The Balaban J connectivity index is 2.02. The molecule has 2 heterocycles. The summed E-state index contributed by atoms with van der Waals surface area (Å²) in [5.41, 5.74) is 1.90. The van der Waals surface area contributed by atoms with Crippen LogP contribution in [0.3, 0.4) is 0 Å². The Morgan fingerprint density at radius 2 is 2.20 bits per heavy atom.